The molecular formula is C4H7F3. The zero-order valence-electron chi connectivity index (χ0n) is 4.21. The van der Waals surface area contributed by atoms with Crippen LogP contribution >= 0.6 is 0 Å². The molecule has 1 atom stereocenters. The second-order valence-corrected chi connectivity index (χ2v) is 1.57. The maximum atomic E-state index is 11.5. The number of hydrogen-bond acceptors (Lipinski definition) is 0. The summed E-state index contributed by atoms with van der Waals surface area (Å²) < 4.78 is 34.4. The maximum Gasteiger partial charge on any atom is 0.275 e. The Balaban J connectivity index is 3.54. The highest BCUT2D eigenvalue weighted by molar-refractivity contribution is 4.64. The monoisotopic (exact) mass is 112 g/mol. The molecule has 3 heteroatoms. The van der Waals surface area contributed by atoms with Crippen molar-refractivity contribution in [1.29, 1.82) is 0 Å². The minimum atomic E-state index is -3.17. The van der Waals surface area contributed by atoms with Crippen molar-refractivity contribution in [3.05, 3.63) is 0 Å². The van der Waals surface area contributed by atoms with E-state index < -0.39 is 12.1 Å². The fourth-order valence-electron chi connectivity index (χ4n) is 0. The van der Waals surface area contributed by atoms with Gasteiger partial charge in [0.15, 0.2) is 6.17 Å². The summed E-state index contributed by atoms with van der Waals surface area (Å²) >= 11 is 0. The van der Waals surface area contributed by atoms with Gasteiger partial charge in [0.1, 0.15) is 0 Å². The molecule has 0 nitrogen and oxygen atoms in total. The number of hydrogen-bond donors (Lipinski definition) is 0. The summed E-state index contributed by atoms with van der Waals surface area (Å²) in [6, 6.07) is 0. The van der Waals surface area contributed by atoms with Gasteiger partial charge in [-0.2, -0.15) is 0 Å². The Hall–Kier alpha value is -0.210. The van der Waals surface area contributed by atoms with Gasteiger partial charge in [0.05, 0.1) is 0 Å². The van der Waals surface area contributed by atoms with E-state index in [1.54, 1.807) is 0 Å². The molecule has 0 N–H and O–H groups in total. The Bertz CT molecular complexity index is 52.4. The molecule has 44 valence electrons. The lowest BCUT2D eigenvalue weighted by atomic mass is 10.3. The lowest BCUT2D eigenvalue weighted by molar-refractivity contribution is -0.0469. The van der Waals surface area contributed by atoms with Crippen LogP contribution in [0.15, 0.2) is 0 Å². The van der Waals surface area contributed by atoms with Crippen LogP contribution in [-0.2, 0) is 0 Å². The Kier molecular flexibility index (Phi) is 1.67. The van der Waals surface area contributed by atoms with Gasteiger partial charge in [0.25, 0.3) is 5.92 Å². The number of alkyl halides is 3. The number of rotatable bonds is 1. The summed E-state index contributed by atoms with van der Waals surface area (Å²) in [5.74, 6) is -3.17. The lowest BCUT2D eigenvalue weighted by Gasteiger charge is -2.09. The minimum absolute atomic E-state index is 0.553. The third kappa shape index (κ3) is 2.48. The van der Waals surface area contributed by atoms with Gasteiger partial charge in [-0.05, 0) is 6.92 Å². The SMILES string of the molecule is CC(F)C(C)(F)F. The Labute approximate surface area is 40.3 Å². The zero-order chi connectivity index (χ0) is 6.08. The summed E-state index contributed by atoms with van der Waals surface area (Å²) in [4.78, 5) is 0. The van der Waals surface area contributed by atoms with Crippen molar-refractivity contribution >= 4 is 0 Å². The largest absolute Gasteiger partial charge is 0.275 e. The van der Waals surface area contributed by atoms with Crippen molar-refractivity contribution in [1.82, 2.24) is 0 Å². The smallest absolute Gasteiger partial charge is 0.241 e. The minimum Gasteiger partial charge on any atom is -0.241 e. The average molecular weight is 112 g/mol. The highest BCUT2D eigenvalue weighted by Crippen LogP contribution is 2.18. The topological polar surface area (TPSA) is 0 Å². The van der Waals surface area contributed by atoms with E-state index in [1.807, 2.05) is 0 Å². The van der Waals surface area contributed by atoms with E-state index in [4.69, 9.17) is 0 Å². The predicted molar refractivity (Wildman–Crippen MR) is 21.2 cm³/mol. The molecular weight excluding hydrogens is 105 g/mol. The van der Waals surface area contributed by atoms with Crippen molar-refractivity contribution < 1.29 is 13.2 Å². The van der Waals surface area contributed by atoms with Crippen LogP contribution in [0, 0.1) is 0 Å². The summed E-state index contributed by atoms with van der Waals surface area (Å²) in [7, 11) is 0. The molecule has 0 saturated carbocycles. The van der Waals surface area contributed by atoms with Crippen molar-refractivity contribution in [2.24, 2.45) is 0 Å². The van der Waals surface area contributed by atoms with Crippen molar-refractivity contribution in [2.45, 2.75) is 25.9 Å². The van der Waals surface area contributed by atoms with E-state index in [0.717, 1.165) is 6.92 Å². The third-order valence-electron chi connectivity index (χ3n) is 0.698. The highest BCUT2D eigenvalue weighted by atomic mass is 19.3. The third-order valence-corrected chi connectivity index (χ3v) is 0.698. The fourth-order valence-corrected chi connectivity index (χ4v) is 0. The Morgan fingerprint density at radius 1 is 1.43 bits per heavy atom. The zero-order valence-corrected chi connectivity index (χ0v) is 4.21. The maximum absolute atomic E-state index is 11.5. The van der Waals surface area contributed by atoms with Crippen LogP contribution in [0.4, 0.5) is 13.2 Å². The average Bonchev–Trinajstić information content (AvgIpc) is 1.31. The Morgan fingerprint density at radius 3 is 1.57 bits per heavy atom. The van der Waals surface area contributed by atoms with E-state index in [9.17, 15) is 13.2 Å². The summed E-state index contributed by atoms with van der Waals surface area (Å²) in [6.45, 7) is 1.39. The first kappa shape index (κ1) is 6.79. The molecule has 0 saturated heterocycles. The highest BCUT2D eigenvalue weighted by Gasteiger charge is 2.29. The molecule has 0 heterocycles. The number of halogens is 3. The molecule has 0 rings (SSSR count). The summed E-state index contributed by atoms with van der Waals surface area (Å²) in [5.41, 5.74) is 0. The van der Waals surface area contributed by atoms with Crippen LogP contribution < -0.4 is 0 Å². The van der Waals surface area contributed by atoms with Gasteiger partial charge >= 0.3 is 0 Å². The molecule has 7 heavy (non-hydrogen) atoms. The normalized spacial score (nSPS) is 16.7. The van der Waals surface area contributed by atoms with Crippen LogP contribution in [-0.4, -0.2) is 12.1 Å². The second-order valence-electron chi connectivity index (χ2n) is 1.57. The van der Waals surface area contributed by atoms with Crippen molar-refractivity contribution in [2.75, 3.05) is 0 Å². The van der Waals surface area contributed by atoms with Crippen molar-refractivity contribution in [3.8, 4) is 0 Å². The summed E-state index contributed by atoms with van der Waals surface area (Å²) in [5, 5.41) is 0. The lowest BCUT2D eigenvalue weighted by Crippen LogP contribution is -2.21. The molecule has 0 aromatic carbocycles. The van der Waals surface area contributed by atoms with Gasteiger partial charge < -0.3 is 0 Å². The van der Waals surface area contributed by atoms with Crippen LogP contribution in [0.2, 0.25) is 0 Å². The molecule has 0 bridgehead atoms. The van der Waals surface area contributed by atoms with Gasteiger partial charge in [-0.15, -0.1) is 0 Å². The van der Waals surface area contributed by atoms with E-state index in [0.29, 0.717) is 6.92 Å². The van der Waals surface area contributed by atoms with Gasteiger partial charge in [-0.1, -0.05) is 0 Å². The van der Waals surface area contributed by atoms with E-state index in [1.165, 1.54) is 0 Å². The molecule has 1 unspecified atom stereocenters. The molecule has 0 spiro atoms. The van der Waals surface area contributed by atoms with Gasteiger partial charge in [-0.25, -0.2) is 13.2 Å². The fraction of sp³-hybridized carbons (Fsp3) is 1.00. The molecule has 0 amide bonds. The molecule has 0 aliphatic carbocycles. The van der Waals surface area contributed by atoms with E-state index >= 15 is 0 Å². The Morgan fingerprint density at radius 2 is 1.57 bits per heavy atom. The summed E-state index contributed by atoms with van der Waals surface area (Å²) in [6.07, 6.45) is -2.03. The second kappa shape index (κ2) is 1.72. The first-order chi connectivity index (χ1) is 2.94. The van der Waals surface area contributed by atoms with Crippen LogP contribution in [0.5, 0.6) is 0 Å². The molecule has 0 fully saturated rings. The van der Waals surface area contributed by atoms with Crippen LogP contribution in [0.25, 0.3) is 0 Å². The first-order valence-corrected chi connectivity index (χ1v) is 1.96. The predicted octanol–water partition coefficient (Wildman–Crippen LogP) is 2.00. The molecule has 0 aromatic heterocycles. The van der Waals surface area contributed by atoms with E-state index in [2.05, 4.69) is 0 Å². The van der Waals surface area contributed by atoms with Gasteiger partial charge in [0, 0.05) is 6.92 Å². The van der Waals surface area contributed by atoms with Gasteiger partial charge in [0.2, 0.25) is 0 Å². The molecule has 0 aliphatic rings. The molecule has 0 radical (unpaired) electrons. The standard InChI is InChI=1S/C4H7F3/c1-3(5)4(2,6)7/h3H,1-2H3. The quantitative estimate of drug-likeness (QED) is 0.486. The van der Waals surface area contributed by atoms with Crippen LogP contribution in [0.1, 0.15) is 13.8 Å². The van der Waals surface area contributed by atoms with Gasteiger partial charge in [-0.3, -0.25) is 0 Å². The van der Waals surface area contributed by atoms with Crippen molar-refractivity contribution in [3.63, 3.8) is 0 Å². The van der Waals surface area contributed by atoms with E-state index in [-0.39, 0.29) is 0 Å². The van der Waals surface area contributed by atoms with Crippen LogP contribution in [0.3, 0.4) is 0 Å². The first-order valence-electron chi connectivity index (χ1n) is 1.96. The molecule has 0 aromatic rings. The molecule has 0 aliphatic heterocycles.